The van der Waals surface area contributed by atoms with Crippen LogP contribution in [0.4, 0.5) is 0 Å². The molecule has 1 aliphatic heterocycles. The van der Waals surface area contributed by atoms with E-state index in [-0.39, 0.29) is 11.5 Å². The third-order valence-corrected chi connectivity index (χ3v) is 4.94. The van der Waals surface area contributed by atoms with Crippen molar-refractivity contribution in [3.8, 4) is 0 Å². The van der Waals surface area contributed by atoms with E-state index in [1.807, 2.05) is 0 Å². The Morgan fingerprint density at radius 1 is 1.40 bits per heavy atom. The topological polar surface area (TPSA) is 67.8 Å². The molecule has 1 aliphatic rings. The lowest BCUT2D eigenvalue weighted by atomic mass is 9.93. The van der Waals surface area contributed by atoms with E-state index in [4.69, 9.17) is 14.5 Å². The third kappa shape index (κ3) is 7.30. The Morgan fingerprint density at radius 2 is 2.20 bits per heavy atom. The van der Waals surface area contributed by atoms with Crippen molar-refractivity contribution in [2.75, 3.05) is 40.0 Å². The maximum atomic E-state index is 5.75. The van der Waals surface area contributed by atoms with Gasteiger partial charge in [0, 0.05) is 50.6 Å². The average Bonchev–Trinajstić information content (AvgIpc) is 3.24. The van der Waals surface area contributed by atoms with E-state index in [2.05, 4.69) is 41.8 Å². The Balaban J connectivity index is 1.57. The Kier molecular flexibility index (Phi) is 8.12. The molecule has 1 saturated heterocycles. The van der Waals surface area contributed by atoms with Crippen molar-refractivity contribution < 1.29 is 9.47 Å². The largest absolute Gasteiger partial charge is 0.379 e. The minimum atomic E-state index is 0.118. The molecule has 25 heavy (non-hydrogen) atoms. The van der Waals surface area contributed by atoms with Crippen LogP contribution in [0.1, 0.15) is 44.3 Å². The molecule has 2 rings (SSSR count). The lowest BCUT2D eigenvalue weighted by Crippen LogP contribution is -2.39. The third-order valence-electron chi connectivity index (χ3n) is 4.03. The number of aromatic nitrogens is 1. The van der Waals surface area contributed by atoms with Crippen molar-refractivity contribution in [1.29, 1.82) is 0 Å². The molecule has 1 unspecified atom stereocenters. The highest BCUT2D eigenvalue weighted by Gasteiger charge is 2.17. The number of nitrogens with one attached hydrogen (secondary N) is 2. The van der Waals surface area contributed by atoms with Gasteiger partial charge in [-0.2, -0.15) is 0 Å². The summed E-state index contributed by atoms with van der Waals surface area (Å²) in [6.07, 6.45) is 3.17. The minimum Gasteiger partial charge on any atom is -0.379 e. The van der Waals surface area contributed by atoms with Crippen molar-refractivity contribution in [3.05, 3.63) is 16.1 Å². The van der Waals surface area contributed by atoms with E-state index in [0.29, 0.717) is 0 Å². The van der Waals surface area contributed by atoms with E-state index in [9.17, 15) is 0 Å². The van der Waals surface area contributed by atoms with Crippen LogP contribution in [0, 0.1) is 0 Å². The number of nitrogens with zero attached hydrogens (tertiary/aromatic N) is 2. The number of thiazole rings is 1. The first-order chi connectivity index (χ1) is 12.0. The van der Waals surface area contributed by atoms with Gasteiger partial charge in [-0.05, 0) is 12.8 Å². The number of ether oxygens (including phenoxy) is 2. The number of aliphatic imine (C=N–C) groups is 1. The highest BCUT2D eigenvalue weighted by Crippen LogP contribution is 2.23. The smallest absolute Gasteiger partial charge is 0.190 e. The molecule has 1 atom stereocenters. The van der Waals surface area contributed by atoms with E-state index in [0.717, 1.165) is 58.1 Å². The molecule has 0 bridgehead atoms. The van der Waals surface area contributed by atoms with E-state index in [1.54, 1.807) is 18.4 Å². The van der Waals surface area contributed by atoms with Crippen LogP contribution >= 0.6 is 11.3 Å². The van der Waals surface area contributed by atoms with Crippen LogP contribution in [-0.2, 0) is 21.3 Å². The zero-order chi connectivity index (χ0) is 18.1. The molecule has 2 N–H and O–H groups in total. The molecule has 1 fully saturated rings. The summed E-state index contributed by atoms with van der Waals surface area (Å²) in [5.74, 6) is 0.830. The van der Waals surface area contributed by atoms with Crippen molar-refractivity contribution >= 4 is 17.3 Å². The van der Waals surface area contributed by atoms with Gasteiger partial charge in [0.2, 0.25) is 0 Å². The number of hydrogen-bond acceptors (Lipinski definition) is 5. The second-order valence-corrected chi connectivity index (χ2v) is 8.20. The fraction of sp³-hybridized carbons (Fsp3) is 0.778. The highest BCUT2D eigenvalue weighted by atomic mass is 32.1. The molecule has 0 saturated carbocycles. The zero-order valence-corrected chi connectivity index (χ0v) is 16.7. The van der Waals surface area contributed by atoms with Crippen LogP contribution in [-0.4, -0.2) is 57.0 Å². The Hall–Kier alpha value is -1.18. The summed E-state index contributed by atoms with van der Waals surface area (Å²) in [5, 5.41) is 10.00. The average molecular weight is 369 g/mol. The lowest BCUT2D eigenvalue weighted by molar-refractivity contribution is 0.0420. The standard InChI is InChI=1S/C18H32N4O2S/c1-18(2,3)15-13-25-16(22-15)6-9-21-17(19-4)20-8-5-10-24-14-7-11-23-12-14/h13-14H,5-12H2,1-4H3,(H2,19,20,21). The minimum absolute atomic E-state index is 0.118. The lowest BCUT2D eigenvalue weighted by Gasteiger charge is -2.14. The molecule has 6 nitrogen and oxygen atoms in total. The molecular weight excluding hydrogens is 336 g/mol. The molecule has 1 aromatic rings. The molecule has 142 valence electrons. The van der Waals surface area contributed by atoms with Gasteiger partial charge in [-0.15, -0.1) is 11.3 Å². The molecule has 0 radical (unpaired) electrons. The summed E-state index contributed by atoms with van der Waals surface area (Å²) in [5.41, 5.74) is 1.29. The van der Waals surface area contributed by atoms with Gasteiger partial charge in [0.15, 0.2) is 5.96 Å². The van der Waals surface area contributed by atoms with Gasteiger partial charge in [-0.1, -0.05) is 20.8 Å². The normalized spacial score (nSPS) is 18.6. The van der Waals surface area contributed by atoms with Gasteiger partial charge < -0.3 is 20.1 Å². The van der Waals surface area contributed by atoms with E-state index >= 15 is 0 Å². The summed E-state index contributed by atoms with van der Waals surface area (Å²) >= 11 is 1.73. The van der Waals surface area contributed by atoms with Crippen molar-refractivity contribution in [2.45, 2.75) is 51.6 Å². The summed E-state index contributed by atoms with van der Waals surface area (Å²) < 4.78 is 11.1. The quantitative estimate of drug-likeness (QED) is 0.419. The maximum Gasteiger partial charge on any atom is 0.190 e. The SMILES string of the molecule is CN=C(NCCCOC1CCOC1)NCCc1nc(C(C)(C)C)cs1. The summed E-state index contributed by atoms with van der Waals surface area (Å²) in [4.78, 5) is 8.98. The van der Waals surface area contributed by atoms with Gasteiger partial charge in [0.1, 0.15) is 0 Å². The Labute approximate surface area is 155 Å². The molecule has 0 aromatic carbocycles. The van der Waals surface area contributed by atoms with Gasteiger partial charge in [0.05, 0.1) is 23.4 Å². The fourth-order valence-electron chi connectivity index (χ4n) is 2.45. The molecule has 7 heteroatoms. The summed E-state index contributed by atoms with van der Waals surface area (Å²) in [6, 6.07) is 0. The van der Waals surface area contributed by atoms with Crippen molar-refractivity contribution in [3.63, 3.8) is 0 Å². The summed E-state index contributed by atoms with van der Waals surface area (Å²) in [6.45, 7) is 10.6. The molecular formula is C18H32N4O2S. The molecule has 1 aromatic heterocycles. The van der Waals surface area contributed by atoms with Crippen LogP contribution in [0.5, 0.6) is 0 Å². The second-order valence-electron chi connectivity index (χ2n) is 7.26. The summed E-state index contributed by atoms with van der Waals surface area (Å²) in [7, 11) is 1.79. The van der Waals surface area contributed by atoms with Crippen molar-refractivity contribution in [2.24, 2.45) is 4.99 Å². The first-order valence-electron chi connectivity index (χ1n) is 9.08. The van der Waals surface area contributed by atoms with E-state index in [1.165, 1.54) is 10.7 Å². The number of hydrogen-bond donors (Lipinski definition) is 2. The second kappa shape index (κ2) is 10.1. The first-order valence-corrected chi connectivity index (χ1v) is 9.96. The van der Waals surface area contributed by atoms with Crippen LogP contribution in [0.3, 0.4) is 0 Å². The zero-order valence-electron chi connectivity index (χ0n) is 15.9. The first kappa shape index (κ1) is 20.1. The molecule has 0 amide bonds. The maximum absolute atomic E-state index is 5.75. The van der Waals surface area contributed by atoms with E-state index < -0.39 is 0 Å². The van der Waals surface area contributed by atoms with Gasteiger partial charge in [-0.25, -0.2) is 4.98 Å². The van der Waals surface area contributed by atoms with Gasteiger partial charge >= 0.3 is 0 Å². The van der Waals surface area contributed by atoms with Crippen LogP contribution in [0.25, 0.3) is 0 Å². The van der Waals surface area contributed by atoms with Gasteiger partial charge in [0.25, 0.3) is 0 Å². The Bertz CT molecular complexity index is 533. The van der Waals surface area contributed by atoms with Gasteiger partial charge in [-0.3, -0.25) is 4.99 Å². The highest BCUT2D eigenvalue weighted by molar-refractivity contribution is 7.09. The number of guanidine groups is 1. The molecule has 2 heterocycles. The van der Waals surface area contributed by atoms with Crippen LogP contribution < -0.4 is 10.6 Å². The predicted molar refractivity (Wildman–Crippen MR) is 104 cm³/mol. The number of rotatable bonds is 8. The van der Waals surface area contributed by atoms with Crippen LogP contribution in [0.2, 0.25) is 0 Å². The monoisotopic (exact) mass is 368 g/mol. The predicted octanol–water partition coefficient (Wildman–Crippen LogP) is 2.34. The fourth-order valence-corrected chi connectivity index (χ4v) is 3.48. The van der Waals surface area contributed by atoms with Crippen LogP contribution in [0.15, 0.2) is 10.4 Å². The Morgan fingerprint density at radius 3 is 2.84 bits per heavy atom. The van der Waals surface area contributed by atoms with Crippen molar-refractivity contribution in [1.82, 2.24) is 15.6 Å². The molecule has 0 aliphatic carbocycles. The molecule has 0 spiro atoms.